The van der Waals surface area contributed by atoms with Crippen LogP contribution in [0.15, 0.2) is 12.1 Å². The van der Waals surface area contributed by atoms with Crippen LogP contribution in [-0.2, 0) is 5.41 Å². The van der Waals surface area contributed by atoms with Crippen molar-refractivity contribution in [1.29, 1.82) is 0 Å². The van der Waals surface area contributed by atoms with Crippen molar-refractivity contribution in [2.45, 2.75) is 32.6 Å². The van der Waals surface area contributed by atoms with Gasteiger partial charge in [-0.25, -0.2) is 8.78 Å². The summed E-state index contributed by atoms with van der Waals surface area (Å²) in [5.41, 5.74) is 4.83. The van der Waals surface area contributed by atoms with Gasteiger partial charge in [0, 0.05) is 17.7 Å². The molecule has 0 aromatic heterocycles. The lowest BCUT2D eigenvalue weighted by atomic mass is 9.86. The summed E-state index contributed by atoms with van der Waals surface area (Å²) in [4.78, 5) is 0. The average molecular weight is 243 g/mol. The highest BCUT2D eigenvalue weighted by Crippen LogP contribution is 2.30. The molecule has 2 N–H and O–H groups in total. The normalized spacial score (nSPS) is 11.6. The van der Waals surface area contributed by atoms with E-state index in [2.05, 4.69) is 0 Å². The highest BCUT2D eigenvalue weighted by molar-refractivity contribution is 5.34. The second-order valence-electron chi connectivity index (χ2n) is 5.00. The fourth-order valence-electron chi connectivity index (χ4n) is 1.62. The summed E-state index contributed by atoms with van der Waals surface area (Å²) in [6, 6.07) is 2.44. The zero-order chi connectivity index (χ0) is 13.1. The van der Waals surface area contributed by atoms with Gasteiger partial charge in [0.05, 0.1) is 6.61 Å². The van der Waals surface area contributed by atoms with Crippen molar-refractivity contribution in [2.24, 2.45) is 5.73 Å². The minimum absolute atomic E-state index is 0.0867. The lowest BCUT2D eigenvalue weighted by Gasteiger charge is -2.21. The molecule has 0 heterocycles. The van der Waals surface area contributed by atoms with Crippen molar-refractivity contribution < 1.29 is 13.5 Å². The topological polar surface area (TPSA) is 35.2 Å². The molecule has 2 nitrogen and oxygen atoms in total. The van der Waals surface area contributed by atoms with Gasteiger partial charge in [-0.15, -0.1) is 0 Å². The maximum Gasteiger partial charge on any atom is 0.133 e. The van der Waals surface area contributed by atoms with E-state index in [1.807, 2.05) is 0 Å². The van der Waals surface area contributed by atoms with Gasteiger partial charge in [0.25, 0.3) is 0 Å². The summed E-state index contributed by atoms with van der Waals surface area (Å²) in [5, 5.41) is 0. The molecule has 0 radical (unpaired) electrons. The lowest BCUT2D eigenvalue weighted by molar-refractivity contribution is 0.308. The maximum absolute atomic E-state index is 13.8. The second kappa shape index (κ2) is 5.45. The molecule has 0 saturated heterocycles. The summed E-state index contributed by atoms with van der Waals surface area (Å²) >= 11 is 0. The third-order valence-electron chi connectivity index (χ3n) is 2.38. The summed E-state index contributed by atoms with van der Waals surface area (Å²) in [6.07, 6.45) is 0.657. The smallest absolute Gasteiger partial charge is 0.133 e. The molecule has 0 fully saturated rings. The first-order valence-corrected chi connectivity index (χ1v) is 5.68. The molecule has 0 atom stereocenters. The molecular weight excluding hydrogens is 224 g/mol. The molecular formula is C13H19F2NO. The van der Waals surface area contributed by atoms with Crippen molar-refractivity contribution in [3.8, 4) is 5.75 Å². The molecule has 1 aromatic carbocycles. The summed E-state index contributed by atoms with van der Waals surface area (Å²) in [5.74, 6) is -0.929. The van der Waals surface area contributed by atoms with Gasteiger partial charge in [-0.3, -0.25) is 0 Å². The van der Waals surface area contributed by atoms with Crippen molar-refractivity contribution >= 4 is 0 Å². The van der Waals surface area contributed by atoms with Crippen LogP contribution in [0.5, 0.6) is 5.75 Å². The van der Waals surface area contributed by atoms with Gasteiger partial charge >= 0.3 is 0 Å². The Morgan fingerprint density at radius 3 is 2.12 bits per heavy atom. The van der Waals surface area contributed by atoms with Gasteiger partial charge in [0.15, 0.2) is 0 Å². The van der Waals surface area contributed by atoms with Crippen molar-refractivity contribution in [3.63, 3.8) is 0 Å². The van der Waals surface area contributed by atoms with E-state index in [1.54, 1.807) is 20.8 Å². The maximum atomic E-state index is 13.8. The molecule has 0 spiro atoms. The van der Waals surface area contributed by atoms with Crippen LogP contribution in [0, 0.1) is 11.6 Å². The first-order chi connectivity index (χ1) is 7.86. The van der Waals surface area contributed by atoms with E-state index < -0.39 is 17.0 Å². The van der Waals surface area contributed by atoms with E-state index in [1.165, 1.54) is 12.1 Å². The van der Waals surface area contributed by atoms with Gasteiger partial charge in [-0.05, 0) is 18.4 Å². The molecule has 0 bridgehead atoms. The number of nitrogens with two attached hydrogens (primary N) is 1. The van der Waals surface area contributed by atoms with E-state index in [-0.39, 0.29) is 11.3 Å². The van der Waals surface area contributed by atoms with E-state index in [0.29, 0.717) is 19.6 Å². The van der Waals surface area contributed by atoms with Crippen LogP contribution in [0.4, 0.5) is 8.78 Å². The molecule has 0 aliphatic heterocycles. The number of hydrogen-bond acceptors (Lipinski definition) is 2. The minimum Gasteiger partial charge on any atom is -0.493 e. The highest BCUT2D eigenvalue weighted by Gasteiger charge is 2.23. The Morgan fingerprint density at radius 2 is 1.71 bits per heavy atom. The Balaban J connectivity index is 2.94. The number of halogens is 2. The molecule has 1 rings (SSSR count). The van der Waals surface area contributed by atoms with Crippen LogP contribution < -0.4 is 10.5 Å². The largest absolute Gasteiger partial charge is 0.493 e. The van der Waals surface area contributed by atoms with Crippen LogP contribution in [-0.4, -0.2) is 13.2 Å². The van der Waals surface area contributed by atoms with E-state index in [0.717, 1.165) is 0 Å². The van der Waals surface area contributed by atoms with Crippen LogP contribution in [0.2, 0.25) is 0 Å². The molecule has 0 aliphatic carbocycles. The third-order valence-corrected chi connectivity index (χ3v) is 2.38. The Hall–Kier alpha value is -1.16. The highest BCUT2D eigenvalue weighted by atomic mass is 19.1. The molecule has 0 aliphatic rings. The lowest BCUT2D eigenvalue weighted by Crippen LogP contribution is -2.16. The Bertz CT molecular complexity index is 362. The SMILES string of the molecule is CC(C)(C)c1c(F)cc(OCCCN)cc1F. The minimum atomic E-state index is -0.569. The van der Waals surface area contributed by atoms with Crippen molar-refractivity contribution in [2.75, 3.05) is 13.2 Å². The molecule has 96 valence electrons. The van der Waals surface area contributed by atoms with Crippen LogP contribution in [0.25, 0.3) is 0 Å². The third kappa shape index (κ3) is 3.66. The molecule has 0 amide bonds. The van der Waals surface area contributed by atoms with Gasteiger partial charge in [-0.2, -0.15) is 0 Å². The monoisotopic (exact) mass is 243 g/mol. The van der Waals surface area contributed by atoms with Gasteiger partial charge in [0.2, 0.25) is 0 Å². The first kappa shape index (κ1) is 13.9. The van der Waals surface area contributed by atoms with E-state index >= 15 is 0 Å². The standard InChI is InChI=1S/C13H19F2NO/c1-13(2,3)12-10(14)7-9(8-11(12)15)17-6-4-5-16/h7-8H,4-6,16H2,1-3H3. The first-order valence-electron chi connectivity index (χ1n) is 5.68. The van der Waals surface area contributed by atoms with Crippen LogP contribution in [0.3, 0.4) is 0 Å². The van der Waals surface area contributed by atoms with E-state index in [9.17, 15) is 8.78 Å². The average Bonchev–Trinajstić information content (AvgIpc) is 2.14. The van der Waals surface area contributed by atoms with Gasteiger partial charge in [0.1, 0.15) is 17.4 Å². The fraction of sp³-hybridized carbons (Fsp3) is 0.538. The molecule has 1 aromatic rings. The second-order valence-corrected chi connectivity index (χ2v) is 5.00. The van der Waals surface area contributed by atoms with Gasteiger partial charge in [-0.1, -0.05) is 20.8 Å². The Morgan fingerprint density at radius 1 is 1.18 bits per heavy atom. The zero-order valence-corrected chi connectivity index (χ0v) is 10.5. The number of benzene rings is 1. The number of rotatable bonds is 4. The van der Waals surface area contributed by atoms with E-state index in [4.69, 9.17) is 10.5 Å². The van der Waals surface area contributed by atoms with Crippen molar-refractivity contribution in [1.82, 2.24) is 0 Å². The Kier molecular flexibility index (Phi) is 4.46. The number of hydrogen-bond donors (Lipinski definition) is 1. The quantitative estimate of drug-likeness (QED) is 0.825. The number of ether oxygens (including phenoxy) is 1. The molecule has 0 saturated carbocycles. The Labute approximate surface area is 101 Å². The molecule has 17 heavy (non-hydrogen) atoms. The van der Waals surface area contributed by atoms with Gasteiger partial charge < -0.3 is 10.5 Å². The van der Waals surface area contributed by atoms with Crippen LogP contribution in [0.1, 0.15) is 32.8 Å². The molecule has 4 heteroatoms. The summed E-state index contributed by atoms with van der Waals surface area (Å²) in [6.45, 7) is 6.16. The summed E-state index contributed by atoms with van der Waals surface area (Å²) in [7, 11) is 0. The summed E-state index contributed by atoms with van der Waals surface area (Å²) < 4.78 is 32.8. The molecule has 0 unspecified atom stereocenters. The fourth-order valence-corrected chi connectivity index (χ4v) is 1.62. The zero-order valence-electron chi connectivity index (χ0n) is 10.5. The van der Waals surface area contributed by atoms with Crippen LogP contribution >= 0.6 is 0 Å². The predicted octanol–water partition coefficient (Wildman–Crippen LogP) is 2.99. The predicted molar refractivity (Wildman–Crippen MR) is 64.2 cm³/mol. The van der Waals surface area contributed by atoms with Crippen molar-refractivity contribution in [3.05, 3.63) is 29.3 Å².